The Morgan fingerprint density at radius 2 is 2.00 bits per heavy atom. The molecule has 0 aromatic carbocycles. The first-order valence-electron chi connectivity index (χ1n) is 8.41. The lowest BCUT2D eigenvalue weighted by Crippen LogP contribution is -2.43. The van der Waals surface area contributed by atoms with Crippen LogP contribution in [-0.4, -0.2) is 43.1 Å². The number of hydrogen-bond acceptors (Lipinski definition) is 3. The quantitative estimate of drug-likeness (QED) is 0.362. The highest BCUT2D eigenvalue weighted by Gasteiger charge is 2.30. The van der Waals surface area contributed by atoms with Crippen molar-refractivity contribution >= 4 is 41.3 Å². The van der Waals surface area contributed by atoms with Crippen LogP contribution in [0.3, 0.4) is 0 Å². The Hall–Kier alpha value is -0.340. The van der Waals surface area contributed by atoms with E-state index >= 15 is 0 Å². The molecule has 2 N–H and O–H groups in total. The summed E-state index contributed by atoms with van der Waals surface area (Å²) < 4.78 is 0. The van der Waals surface area contributed by atoms with Gasteiger partial charge in [0, 0.05) is 42.0 Å². The van der Waals surface area contributed by atoms with Gasteiger partial charge in [-0.2, -0.15) is 0 Å². The van der Waals surface area contributed by atoms with Crippen molar-refractivity contribution in [1.29, 1.82) is 0 Å². The van der Waals surface area contributed by atoms with Crippen molar-refractivity contribution in [2.75, 3.05) is 20.1 Å². The number of aryl methyl sites for hydroxylation is 1. The van der Waals surface area contributed by atoms with Crippen LogP contribution in [-0.2, 0) is 13.0 Å². The standard InChI is InChI=1S/C17H30N4S.HI/c1-5-15-8-9-16(22-15)12-20-17(18-4)19-10-11-21(13(2)3)14-6-7-14;/h8-9,13-14H,5-7,10-12H2,1-4H3,(H2,18,19,20);1H. The highest BCUT2D eigenvalue weighted by Crippen LogP contribution is 2.27. The minimum absolute atomic E-state index is 0. The van der Waals surface area contributed by atoms with Gasteiger partial charge in [-0.1, -0.05) is 6.92 Å². The van der Waals surface area contributed by atoms with Gasteiger partial charge in [-0.3, -0.25) is 9.89 Å². The Morgan fingerprint density at radius 3 is 2.52 bits per heavy atom. The molecule has 1 saturated carbocycles. The van der Waals surface area contributed by atoms with E-state index in [0.29, 0.717) is 6.04 Å². The zero-order valence-electron chi connectivity index (χ0n) is 14.8. The highest BCUT2D eigenvalue weighted by atomic mass is 127. The lowest BCUT2D eigenvalue weighted by Gasteiger charge is -2.26. The van der Waals surface area contributed by atoms with Gasteiger partial charge in [-0.15, -0.1) is 35.3 Å². The first kappa shape index (κ1) is 20.7. The van der Waals surface area contributed by atoms with Gasteiger partial charge in [0.15, 0.2) is 5.96 Å². The second kappa shape index (κ2) is 10.5. The topological polar surface area (TPSA) is 39.7 Å². The molecule has 0 atom stereocenters. The fourth-order valence-corrected chi connectivity index (χ4v) is 3.57. The fraction of sp³-hybridized carbons (Fsp3) is 0.706. The first-order valence-corrected chi connectivity index (χ1v) is 9.23. The van der Waals surface area contributed by atoms with Crippen LogP contribution in [0.25, 0.3) is 0 Å². The van der Waals surface area contributed by atoms with Crippen LogP contribution in [0.2, 0.25) is 0 Å². The lowest BCUT2D eigenvalue weighted by molar-refractivity contribution is 0.215. The molecule has 6 heteroatoms. The monoisotopic (exact) mass is 450 g/mol. The second-order valence-corrected chi connectivity index (χ2v) is 7.39. The molecule has 1 fully saturated rings. The van der Waals surface area contributed by atoms with Gasteiger partial charge >= 0.3 is 0 Å². The Morgan fingerprint density at radius 1 is 1.30 bits per heavy atom. The molecule has 0 spiro atoms. The summed E-state index contributed by atoms with van der Waals surface area (Å²) in [6, 6.07) is 5.86. The molecular formula is C17H31IN4S. The largest absolute Gasteiger partial charge is 0.355 e. The van der Waals surface area contributed by atoms with Crippen LogP contribution in [0, 0.1) is 0 Å². The molecule has 1 aliphatic carbocycles. The van der Waals surface area contributed by atoms with Gasteiger partial charge in [0.1, 0.15) is 0 Å². The summed E-state index contributed by atoms with van der Waals surface area (Å²) >= 11 is 1.88. The summed E-state index contributed by atoms with van der Waals surface area (Å²) in [5.41, 5.74) is 0. The molecule has 1 heterocycles. The first-order chi connectivity index (χ1) is 10.6. The third-order valence-corrected chi connectivity index (χ3v) is 5.29. The van der Waals surface area contributed by atoms with Crippen LogP contribution in [0.1, 0.15) is 43.4 Å². The minimum atomic E-state index is 0. The van der Waals surface area contributed by atoms with Crippen molar-refractivity contribution in [2.45, 2.75) is 58.7 Å². The van der Waals surface area contributed by atoms with Crippen molar-refractivity contribution < 1.29 is 0 Å². The maximum Gasteiger partial charge on any atom is 0.191 e. The molecule has 0 amide bonds. The smallest absolute Gasteiger partial charge is 0.191 e. The molecule has 2 rings (SSSR count). The molecule has 0 bridgehead atoms. The average molecular weight is 450 g/mol. The number of hydrogen-bond donors (Lipinski definition) is 2. The van der Waals surface area contributed by atoms with E-state index in [-0.39, 0.29) is 24.0 Å². The van der Waals surface area contributed by atoms with Crippen LogP contribution in [0.15, 0.2) is 17.1 Å². The molecule has 132 valence electrons. The van der Waals surface area contributed by atoms with E-state index in [4.69, 9.17) is 0 Å². The summed E-state index contributed by atoms with van der Waals surface area (Å²) in [6.07, 6.45) is 3.84. The zero-order valence-corrected chi connectivity index (χ0v) is 17.9. The average Bonchev–Trinajstić information content (AvgIpc) is 3.23. The van der Waals surface area contributed by atoms with E-state index in [1.54, 1.807) is 0 Å². The summed E-state index contributed by atoms with van der Waals surface area (Å²) in [6.45, 7) is 9.65. The summed E-state index contributed by atoms with van der Waals surface area (Å²) in [4.78, 5) is 9.71. The number of halogens is 1. The van der Waals surface area contributed by atoms with E-state index in [1.807, 2.05) is 18.4 Å². The van der Waals surface area contributed by atoms with Gasteiger partial charge in [-0.25, -0.2) is 0 Å². The third-order valence-electron chi connectivity index (χ3n) is 4.06. The van der Waals surface area contributed by atoms with Crippen molar-refractivity contribution in [3.05, 3.63) is 21.9 Å². The van der Waals surface area contributed by atoms with Gasteiger partial charge in [0.25, 0.3) is 0 Å². The van der Waals surface area contributed by atoms with Crippen LogP contribution >= 0.6 is 35.3 Å². The second-order valence-electron chi connectivity index (χ2n) is 6.14. The summed E-state index contributed by atoms with van der Waals surface area (Å²) in [5.74, 6) is 0.894. The molecule has 0 unspecified atom stereocenters. The van der Waals surface area contributed by atoms with Gasteiger partial charge < -0.3 is 10.6 Å². The number of aliphatic imine (C=N–C) groups is 1. The Kier molecular flexibility index (Phi) is 9.46. The van der Waals surface area contributed by atoms with Crippen LogP contribution in [0.5, 0.6) is 0 Å². The molecule has 23 heavy (non-hydrogen) atoms. The van der Waals surface area contributed by atoms with Crippen LogP contribution < -0.4 is 10.6 Å². The summed E-state index contributed by atoms with van der Waals surface area (Å²) in [5, 5.41) is 6.83. The predicted octanol–water partition coefficient (Wildman–Crippen LogP) is 3.47. The Labute approximate surface area is 162 Å². The molecule has 0 saturated heterocycles. The van der Waals surface area contributed by atoms with E-state index in [9.17, 15) is 0 Å². The number of nitrogens with one attached hydrogen (secondary N) is 2. The predicted molar refractivity (Wildman–Crippen MR) is 112 cm³/mol. The number of thiophene rings is 1. The summed E-state index contributed by atoms with van der Waals surface area (Å²) in [7, 11) is 1.84. The SMILES string of the molecule is CCc1ccc(CNC(=NC)NCCN(C(C)C)C2CC2)s1.I. The maximum atomic E-state index is 4.31. The zero-order chi connectivity index (χ0) is 15.9. The van der Waals surface area contributed by atoms with E-state index in [2.05, 4.69) is 53.4 Å². The molecule has 4 nitrogen and oxygen atoms in total. The van der Waals surface area contributed by atoms with Crippen molar-refractivity contribution in [1.82, 2.24) is 15.5 Å². The van der Waals surface area contributed by atoms with Crippen molar-refractivity contribution in [3.8, 4) is 0 Å². The molecule has 0 aliphatic heterocycles. The fourth-order valence-electron chi connectivity index (χ4n) is 2.67. The van der Waals surface area contributed by atoms with Crippen molar-refractivity contribution in [2.24, 2.45) is 4.99 Å². The number of guanidine groups is 1. The highest BCUT2D eigenvalue weighted by molar-refractivity contribution is 14.0. The molecular weight excluding hydrogens is 419 g/mol. The molecule has 1 aromatic rings. The van der Waals surface area contributed by atoms with E-state index in [1.165, 1.54) is 22.6 Å². The Bertz CT molecular complexity index is 481. The number of nitrogens with zero attached hydrogens (tertiary/aromatic N) is 2. The third kappa shape index (κ3) is 6.97. The van der Waals surface area contributed by atoms with Gasteiger partial charge in [-0.05, 0) is 45.2 Å². The normalized spacial score (nSPS) is 15.0. The maximum absolute atomic E-state index is 4.31. The molecule has 0 radical (unpaired) electrons. The van der Waals surface area contributed by atoms with Crippen molar-refractivity contribution in [3.63, 3.8) is 0 Å². The van der Waals surface area contributed by atoms with Crippen LogP contribution in [0.4, 0.5) is 0 Å². The van der Waals surface area contributed by atoms with Gasteiger partial charge in [0.2, 0.25) is 0 Å². The van der Waals surface area contributed by atoms with Gasteiger partial charge in [0.05, 0.1) is 6.54 Å². The Balaban J connectivity index is 0.00000264. The molecule has 1 aromatic heterocycles. The van der Waals surface area contributed by atoms with E-state index in [0.717, 1.165) is 38.1 Å². The van der Waals surface area contributed by atoms with E-state index < -0.39 is 0 Å². The molecule has 1 aliphatic rings. The lowest BCUT2D eigenvalue weighted by atomic mass is 10.3. The minimum Gasteiger partial charge on any atom is -0.355 e. The number of rotatable bonds is 8.